The van der Waals surface area contributed by atoms with Gasteiger partial charge in [-0.25, -0.2) is 13.2 Å². The van der Waals surface area contributed by atoms with Crippen molar-refractivity contribution in [2.75, 3.05) is 0 Å². The predicted molar refractivity (Wildman–Crippen MR) is 116 cm³/mol. The Morgan fingerprint density at radius 1 is 0.879 bits per heavy atom. The van der Waals surface area contributed by atoms with Crippen LogP contribution >= 0.6 is 0 Å². The lowest BCUT2D eigenvalue weighted by Crippen LogP contribution is -2.19. The smallest absolute Gasteiger partial charge is 0.399 e. The van der Waals surface area contributed by atoms with Gasteiger partial charge in [-0.1, -0.05) is 50.1 Å². The highest BCUT2D eigenvalue weighted by Gasteiger charge is 2.34. The van der Waals surface area contributed by atoms with E-state index in [4.69, 9.17) is 0 Å². The lowest BCUT2D eigenvalue weighted by molar-refractivity contribution is -0.276. The van der Waals surface area contributed by atoms with Gasteiger partial charge in [0.2, 0.25) is 5.75 Å². The second kappa shape index (κ2) is 9.27. The molecule has 0 unspecified atom stereocenters. The first-order valence-electron chi connectivity index (χ1n) is 11.1. The molecule has 4 rings (SSSR count). The highest BCUT2D eigenvalue weighted by Crippen LogP contribution is 2.40. The van der Waals surface area contributed by atoms with Crippen molar-refractivity contribution in [2.45, 2.75) is 57.7 Å². The molecule has 3 aromatic carbocycles. The zero-order chi connectivity index (χ0) is 23.8. The van der Waals surface area contributed by atoms with Crippen LogP contribution in [0.25, 0.3) is 21.9 Å². The summed E-state index contributed by atoms with van der Waals surface area (Å²) in [5.74, 6) is -4.17. The molecule has 0 bridgehead atoms. The van der Waals surface area contributed by atoms with Crippen molar-refractivity contribution in [2.24, 2.45) is 5.92 Å². The van der Waals surface area contributed by atoms with Crippen LogP contribution in [-0.4, -0.2) is 6.36 Å². The molecular formula is C26H24F6O. The highest BCUT2D eigenvalue weighted by molar-refractivity contribution is 5.89. The Hall–Kier alpha value is -2.70. The molecule has 0 aliphatic heterocycles. The van der Waals surface area contributed by atoms with Gasteiger partial charge in [0.05, 0.1) is 0 Å². The van der Waals surface area contributed by atoms with Gasteiger partial charge in [-0.3, -0.25) is 0 Å². The number of benzene rings is 3. The second-order valence-corrected chi connectivity index (χ2v) is 8.73. The van der Waals surface area contributed by atoms with E-state index in [9.17, 15) is 22.0 Å². The number of alkyl halides is 3. The molecule has 33 heavy (non-hydrogen) atoms. The average Bonchev–Trinajstić information content (AvgIpc) is 2.76. The first-order chi connectivity index (χ1) is 15.7. The summed E-state index contributed by atoms with van der Waals surface area (Å²) >= 11 is 0. The van der Waals surface area contributed by atoms with E-state index in [-0.39, 0.29) is 16.5 Å². The van der Waals surface area contributed by atoms with E-state index in [0.29, 0.717) is 23.4 Å². The van der Waals surface area contributed by atoms with Crippen LogP contribution in [0.4, 0.5) is 26.3 Å². The lowest BCUT2D eigenvalue weighted by atomic mass is 9.77. The number of fused-ring (bicyclic) bond motifs is 1. The molecule has 0 aromatic heterocycles. The quantitative estimate of drug-likeness (QED) is 0.341. The van der Waals surface area contributed by atoms with Crippen LogP contribution in [0, 0.1) is 23.4 Å². The molecule has 0 spiro atoms. The van der Waals surface area contributed by atoms with E-state index in [1.165, 1.54) is 31.7 Å². The summed E-state index contributed by atoms with van der Waals surface area (Å²) in [5, 5.41) is 0.953. The molecule has 0 N–H and O–H groups in total. The summed E-state index contributed by atoms with van der Waals surface area (Å²) in [4.78, 5) is 0. The fraction of sp³-hybridized carbons (Fsp3) is 0.385. The zero-order valence-corrected chi connectivity index (χ0v) is 18.1. The van der Waals surface area contributed by atoms with E-state index in [2.05, 4.69) is 11.7 Å². The van der Waals surface area contributed by atoms with Gasteiger partial charge in [0.25, 0.3) is 0 Å². The van der Waals surface area contributed by atoms with Gasteiger partial charge in [0.1, 0.15) is 5.82 Å². The second-order valence-electron chi connectivity index (χ2n) is 8.73. The number of ether oxygens (including phenoxy) is 1. The topological polar surface area (TPSA) is 9.23 Å². The molecule has 176 valence electrons. The third-order valence-corrected chi connectivity index (χ3v) is 6.52. The maximum absolute atomic E-state index is 15.2. The largest absolute Gasteiger partial charge is 0.573 e. The normalized spacial score (nSPS) is 19.1. The zero-order valence-electron chi connectivity index (χ0n) is 18.1. The monoisotopic (exact) mass is 466 g/mol. The van der Waals surface area contributed by atoms with Crippen molar-refractivity contribution in [1.82, 2.24) is 0 Å². The van der Waals surface area contributed by atoms with Gasteiger partial charge in [0.15, 0.2) is 11.6 Å². The van der Waals surface area contributed by atoms with E-state index >= 15 is 4.39 Å². The summed E-state index contributed by atoms with van der Waals surface area (Å²) in [6.45, 7) is 2.20. The first-order valence-corrected chi connectivity index (χ1v) is 11.1. The molecule has 0 radical (unpaired) electrons. The van der Waals surface area contributed by atoms with Crippen LogP contribution < -0.4 is 4.74 Å². The third-order valence-electron chi connectivity index (χ3n) is 6.52. The standard InChI is InChI=1S/C26H24F6O/c1-2-3-15-4-6-16(7-5-15)17-8-10-20-18(12-17)9-11-21(24(20)29)19-13-22(27)25(23(28)14-19)33-26(30,31)32/h8-16H,2-7H2,1H3. The summed E-state index contributed by atoms with van der Waals surface area (Å²) < 4.78 is 84.0. The Bertz CT molecular complexity index is 1120. The maximum atomic E-state index is 15.2. The van der Waals surface area contributed by atoms with Crippen LogP contribution in [0.3, 0.4) is 0 Å². The minimum absolute atomic E-state index is 0.105. The Labute approximate surface area is 188 Å². The Morgan fingerprint density at radius 2 is 1.55 bits per heavy atom. The maximum Gasteiger partial charge on any atom is 0.573 e. The number of hydrogen-bond donors (Lipinski definition) is 0. The fourth-order valence-corrected chi connectivity index (χ4v) is 4.91. The molecule has 0 amide bonds. The number of halogens is 6. The molecule has 1 fully saturated rings. The highest BCUT2D eigenvalue weighted by atomic mass is 19.4. The van der Waals surface area contributed by atoms with Crippen LogP contribution in [0.2, 0.25) is 0 Å². The summed E-state index contributed by atoms with van der Waals surface area (Å²) in [6.07, 6.45) is 1.78. The van der Waals surface area contributed by atoms with Gasteiger partial charge in [-0.2, -0.15) is 0 Å². The average molecular weight is 466 g/mol. The van der Waals surface area contributed by atoms with Crippen molar-refractivity contribution in [3.05, 3.63) is 65.5 Å². The minimum Gasteiger partial charge on any atom is -0.399 e. The van der Waals surface area contributed by atoms with Crippen molar-refractivity contribution in [3.63, 3.8) is 0 Å². The van der Waals surface area contributed by atoms with Gasteiger partial charge in [-0.15, -0.1) is 13.2 Å². The van der Waals surface area contributed by atoms with Gasteiger partial charge in [0, 0.05) is 10.9 Å². The Kier molecular flexibility index (Phi) is 6.59. The van der Waals surface area contributed by atoms with E-state index in [1.54, 1.807) is 12.1 Å². The van der Waals surface area contributed by atoms with Crippen LogP contribution in [0.15, 0.2) is 42.5 Å². The molecule has 0 atom stereocenters. The molecule has 1 nitrogen and oxygen atoms in total. The first kappa shape index (κ1) is 23.5. The van der Waals surface area contributed by atoms with Crippen LogP contribution in [0.5, 0.6) is 5.75 Å². The molecule has 7 heteroatoms. The minimum atomic E-state index is -5.25. The van der Waals surface area contributed by atoms with E-state index < -0.39 is 29.6 Å². The molecule has 0 saturated heterocycles. The van der Waals surface area contributed by atoms with Crippen LogP contribution in [0.1, 0.15) is 56.9 Å². The lowest BCUT2D eigenvalue weighted by Gasteiger charge is -2.28. The molecule has 1 saturated carbocycles. The van der Waals surface area contributed by atoms with Gasteiger partial charge in [-0.05, 0) is 66.2 Å². The van der Waals surface area contributed by atoms with Crippen LogP contribution in [-0.2, 0) is 0 Å². The molecular weight excluding hydrogens is 442 g/mol. The van der Waals surface area contributed by atoms with Crippen molar-refractivity contribution in [1.29, 1.82) is 0 Å². The van der Waals surface area contributed by atoms with Crippen molar-refractivity contribution in [3.8, 4) is 16.9 Å². The van der Waals surface area contributed by atoms with Crippen molar-refractivity contribution >= 4 is 10.8 Å². The van der Waals surface area contributed by atoms with E-state index in [1.807, 2.05) is 12.1 Å². The fourth-order valence-electron chi connectivity index (χ4n) is 4.91. The third kappa shape index (κ3) is 5.12. The van der Waals surface area contributed by atoms with Crippen molar-refractivity contribution < 1.29 is 31.1 Å². The summed E-state index contributed by atoms with van der Waals surface area (Å²) in [7, 11) is 0. The molecule has 1 aliphatic rings. The van der Waals surface area contributed by atoms with Gasteiger partial charge >= 0.3 is 6.36 Å². The Balaban J connectivity index is 1.62. The van der Waals surface area contributed by atoms with Gasteiger partial charge < -0.3 is 4.74 Å². The Morgan fingerprint density at radius 3 is 2.15 bits per heavy atom. The van der Waals surface area contributed by atoms with E-state index in [0.717, 1.165) is 24.3 Å². The summed E-state index contributed by atoms with van der Waals surface area (Å²) in [5.41, 5.74) is 0.833. The molecule has 1 aliphatic carbocycles. The number of rotatable bonds is 5. The number of hydrogen-bond acceptors (Lipinski definition) is 1. The molecule has 3 aromatic rings. The SMILES string of the molecule is CCCC1CCC(c2ccc3c(F)c(-c4cc(F)c(OC(F)(F)F)c(F)c4)ccc3c2)CC1. The predicted octanol–water partition coefficient (Wildman–Crippen LogP) is 8.90. The summed E-state index contributed by atoms with van der Waals surface area (Å²) in [6, 6.07) is 9.83. The molecule has 0 heterocycles.